The van der Waals surface area contributed by atoms with Gasteiger partial charge in [0.05, 0.1) is 18.2 Å². The van der Waals surface area contributed by atoms with Crippen molar-refractivity contribution < 1.29 is 29.6 Å². The maximum Gasteiger partial charge on any atom is 0.337 e. The fourth-order valence-electron chi connectivity index (χ4n) is 2.30. The molecule has 0 aliphatic heterocycles. The number of carboxylic acid groups (broad SMARTS) is 1. The van der Waals surface area contributed by atoms with Crippen LogP contribution in [0.25, 0.3) is 0 Å². The average molecular weight is 310 g/mol. The normalized spacial score (nSPS) is 14.9. The van der Waals surface area contributed by atoms with Crippen molar-refractivity contribution in [3.05, 3.63) is 35.4 Å². The lowest BCUT2D eigenvalue weighted by atomic mass is 9.89. The fourth-order valence-corrected chi connectivity index (χ4v) is 2.30. The molecule has 1 aromatic rings. The number of carboxylic acids is 1. The number of benzene rings is 1. The van der Waals surface area contributed by atoms with Crippen molar-refractivity contribution >= 4 is 11.9 Å². The summed E-state index contributed by atoms with van der Waals surface area (Å²) < 4.78 is 4.45. The van der Waals surface area contributed by atoms with E-state index in [2.05, 4.69) is 4.74 Å². The molecule has 22 heavy (non-hydrogen) atoms. The van der Waals surface area contributed by atoms with Crippen LogP contribution in [0.2, 0.25) is 0 Å². The number of hydrogen-bond donors (Lipinski definition) is 3. The summed E-state index contributed by atoms with van der Waals surface area (Å²) in [5, 5.41) is 26.0. The van der Waals surface area contributed by atoms with Gasteiger partial charge in [0, 0.05) is 5.92 Å². The van der Waals surface area contributed by atoms with E-state index in [4.69, 9.17) is 15.3 Å². The molecule has 0 spiro atoms. The lowest BCUT2D eigenvalue weighted by Crippen LogP contribution is -2.21. The summed E-state index contributed by atoms with van der Waals surface area (Å²) in [4.78, 5) is 21.4. The van der Waals surface area contributed by atoms with E-state index < -0.39 is 18.2 Å². The number of carbonyl (C=O) groups excluding carboxylic acids is 1. The molecule has 1 saturated carbocycles. The maximum absolute atomic E-state index is 10.9. The minimum Gasteiger partial charge on any atom is -0.478 e. The molecule has 1 aromatic carbocycles. The highest BCUT2D eigenvalue weighted by atomic mass is 16.5. The molecule has 2 rings (SSSR count). The Morgan fingerprint density at radius 1 is 1.05 bits per heavy atom. The molecule has 0 saturated heterocycles. The summed E-state index contributed by atoms with van der Waals surface area (Å²) in [5.74, 6) is -1.33. The highest BCUT2D eigenvalue weighted by Gasteiger charge is 2.18. The largest absolute Gasteiger partial charge is 0.478 e. The Balaban J connectivity index is 0.000000235. The van der Waals surface area contributed by atoms with Crippen molar-refractivity contribution in [2.45, 2.75) is 38.4 Å². The molecule has 0 atom stereocenters. The Morgan fingerprint density at radius 2 is 1.55 bits per heavy atom. The predicted molar refractivity (Wildman–Crippen MR) is 79.5 cm³/mol. The molecule has 6 nitrogen and oxygen atoms in total. The van der Waals surface area contributed by atoms with Crippen molar-refractivity contribution in [2.75, 3.05) is 7.11 Å². The summed E-state index contributed by atoms with van der Waals surface area (Å²) in [7, 11) is 1.27. The van der Waals surface area contributed by atoms with Crippen LogP contribution in [0.1, 0.15) is 52.8 Å². The van der Waals surface area contributed by atoms with Crippen LogP contribution in [0.3, 0.4) is 0 Å². The Bertz CT molecular complexity index is 474. The van der Waals surface area contributed by atoms with E-state index in [1.165, 1.54) is 50.6 Å². The van der Waals surface area contributed by atoms with Crippen LogP contribution in [0, 0.1) is 5.92 Å². The number of esters is 1. The minimum atomic E-state index is -1.06. The molecule has 0 heterocycles. The first-order valence-electron chi connectivity index (χ1n) is 7.23. The van der Waals surface area contributed by atoms with Crippen molar-refractivity contribution in [1.29, 1.82) is 0 Å². The molecule has 1 aliphatic carbocycles. The van der Waals surface area contributed by atoms with Crippen molar-refractivity contribution in [2.24, 2.45) is 5.92 Å². The second-order valence-corrected chi connectivity index (χ2v) is 5.19. The summed E-state index contributed by atoms with van der Waals surface area (Å²) in [6.07, 6.45) is 4.54. The number of aliphatic hydroxyl groups is 2. The summed E-state index contributed by atoms with van der Waals surface area (Å²) in [6.45, 7) is 0. The quantitative estimate of drug-likeness (QED) is 0.583. The van der Waals surface area contributed by atoms with Gasteiger partial charge in [0.2, 0.25) is 0 Å². The van der Waals surface area contributed by atoms with Gasteiger partial charge in [-0.1, -0.05) is 19.3 Å². The third-order valence-corrected chi connectivity index (χ3v) is 3.62. The topological polar surface area (TPSA) is 104 Å². The highest BCUT2D eigenvalue weighted by Crippen LogP contribution is 2.25. The summed E-state index contributed by atoms with van der Waals surface area (Å²) in [5.41, 5.74) is 0.486. The van der Waals surface area contributed by atoms with Crippen molar-refractivity contribution in [3.8, 4) is 0 Å². The number of hydrogen-bond acceptors (Lipinski definition) is 5. The first-order chi connectivity index (χ1) is 10.5. The van der Waals surface area contributed by atoms with E-state index in [0.717, 1.165) is 12.8 Å². The molecule has 0 bridgehead atoms. The Morgan fingerprint density at radius 3 is 1.91 bits per heavy atom. The maximum atomic E-state index is 10.9. The van der Waals surface area contributed by atoms with Gasteiger partial charge < -0.3 is 20.1 Å². The van der Waals surface area contributed by atoms with Crippen LogP contribution in [-0.4, -0.2) is 40.7 Å². The van der Waals surface area contributed by atoms with Crippen LogP contribution in [-0.2, 0) is 4.74 Å². The molecule has 6 heteroatoms. The summed E-state index contributed by atoms with van der Waals surface area (Å²) >= 11 is 0. The SMILES string of the molecule is COC(=O)c1ccc(C(=O)O)cc1.OC(O)C1CCCCC1. The Labute approximate surface area is 129 Å². The van der Waals surface area contributed by atoms with E-state index in [-0.39, 0.29) is 11.5 Å². The van der Waals surface area contributed by atoms with Gasteiger partial charge in [0.1, 0.15) is 0 Å². The Hall–Kier alpha value is -1.92. The molecule has 1 aliphatic rings. The number of aliphatic hydroxyl groups excluding tert-OH is 1. The van der Waals surface area contributed by atoms with E-state index in [0.29, 0.717) is 5.56 Å². The van der Waals surface area contributed by atoms with Crippen LogP contribution in [0.4, 0.5) is 0 Å². The number of ether oxygens (including phenoxy) is 1. The average Bonchev–Trinajstić information content (AvgIpc) is 2.55. The van der Waals surface area contributed by atoms with Crippen molar-refractivity contribution in [1.82, 2.24) is 0 Å². The lowest BCUT2D eigenvalue weighted by molar-refractivity contribution is -0.0926. The molecule has 0 amide bonds. The van der Waals surface area contributed by atoms with Gasteiger partial charge in [-0.3, -0.25) is 0 Å². The van der Waals surface area contributed by atoms with E-state index >= 15 is 0 Å². The Kier molecular flexibility index (Phi) is 7.56. The monoisotopic (exact) mass is 310 g/mol. The zero-order chi connectivity index (χ0) is 16.5. The van der Waals surface area contributed by atoms with E-state index in [9.17, 15) is 9.59 Å². The molecule has 3 N–H and O–H groups in total. The molecule has 0 unspecified atom stereocenters. The second-order valence-electron chi connectivity index (χ2n) is 5.19. The van der Waals surface area contributed by atoms with Gasteiger partial charge in [-0.2, -0.15) is 0 Å². The third-order valence-electron chi connectivity index (χ3n) is 3.62. The zero-order valence-electron chi connectivity index (χ0n) is 12.6. The number of aromatic carboxylic acids is 1. The van der Waals surface area contributed by atoms with Gasteiger partial charge in [0.25, 0.3) is 0 Å². The van der Waals surface area contributed by atoms with Gasteiger partial charge >= 0.3 is 11.9 Å². The minimum absolute atomic E-state index is 0.146. The number of methoxy groups -OCH3 is 1. The van der Waals surface area contributed by atoms with E-state index in [1.807, 2.05) is 0 Å². The standard InChI is InChI=1S/C9H8O4.C7H14O2/c1-13-9(12)7-4-2-6(3-5-7)8(10)11;8-7(9)6-4-2-1-3-5-6/h2-5H,1H3,(H,10,11);6-9H,1-5H2. The van der Waals surface area contributed by atoms with Crippen molar-refractivity contribution in [3.63, 3.8) is 0 Å². The van der Waals surface area contributed by atoms with Crippen LogP contribution in [0.15, 0.2) is 24.3 Å². The number of carbonyl (C=O) groups is 2. The molecule has 0 radical (unpaired) electrons. The van der Waals surface area contributed by atoms with Gasteiger partial charge in [-0.05, 0) is 37.1 Å². The molecule has 0 aromatic heterocycles. The molecule has 122 valence electrons. The fraction of sp³-hybridized carbons (Fsp3) is 0.500. The van der Waals surface area contributed by atoms with Gasteiger partial charge in [0.15, 0.2) is 6.29 Å². The van der Waals surface area contributed by atoms with E-state index in [1.54, 1.807) is 0 Å². The van der Waals surface area contributed by atoms with Gasteiger partial charge in [-0.25, -0.2) is 9.59 Å². The van der Waals surface area contributed by atoms with Gasteiger partial charge in [-0.15, -0.1) is 0 Å². The smallest absolute Gasteiger partial charge is 0.337 e. The first kappa shape index (κ1) is 18.1. The van der Waals surface area contributed by atoms with Crippen LogP contribution >= 0.6 is 0 Å². The molecular formula is C16H22O6. The highest BCUT2D eigenvalue weighted by molar-refractivity contribution is 5.92. The lowest BCUT2D eigenvalue weighted by Gasteiger charge is -2.22. The molecular weight excluding hydrogens is 288 g/mol. The van der Waals surface area contributed by atoms with Crippen LogP contribution < -0.4 is 0 Å². The molecule has 1 fully saturated rings. The second kappa shape index (κ2) is 9.17. The summed E-state index contributed by atoms with van der Waals surface area (Å²) in [6, 6.07) is 5.54. The third kappa shape index (κ3) is 5.83. The predicted octanol–water partition coefficient (Wildman–Crippen LogP) is 2.05. The number of rotatable bonds is 3. The van der Waals surface area contributed by atoms with Crippen LogP contribution in [0.5, 0.6) is 0 Å². The zero-order valence-corrected chi connectivity index (χ0v) is 12.6. The first-order valence-corrected chi connectivity index (χ1v) is 7.23.